The van der Waals surface area contributed by atoms with Gasteiger partial charge >= 0.3 is 0 Å². The van der Waals surface area contributed by atoms with Gasteiger partial charge in [-0.25, -0.2) is 4.39 Å². The van der Waals surface area contributed by atoms with Crippen LogP contribution in [0.3, 0.4) is 0 Å². The smallest absolute Gasteiger partial charge is 0.177 e. The number of aromatic hydroxyl groups is 1. The fourth-order valence-corrected chi connectivity index (χ4v) is 0.797. The highest BCUT2D eigenvalue weighted by Crippen LogP contribution is 2.15. The van der Waals surface area contributed by atoms with Gasteiger partial charge in [0.1, 0.15) is 11.6 Å². The molecule has 0 unspecified atom stereocenters. The van der Waals surface area contributed by atoms with Gasteiger partial charge in [-0.3, -0.25) is 0 Å². The third-order valence-electron chi connectivity index (χ3n) is 1.40. The lowest BCUT2D eigenvalue weighted by Crippen LogP contribution is -1.87. The first-order chi connectivity index (χ1) is 6.74. The minimum atomic E-state index is -0.457. The first-order valence-electron chi connectivity index (χ1n) is 3.81. The highest BCUT2D eigenvalue weighted by molar-refractivity contribution is 5.82. The molecule has 0 aromatic heterocycles. The van der Waals surface area contributed by atoms with Crippen LogP contribution in [0.15, 0.2) is 23.4 Å². The van der Waals surface area contributed by atoms with E-state index >= 15 is 0 Å². The van der Waals surface area contributed by atoms with Crippen LogP contribution in [0.5, 0.6) is 5.75 Å². The molecule has 0 aliphatic carbocycles. The van der Waals surface area contributed by atoms with Gasteiger partial charge in [0, 0.05) is 5.56 Å². The molecule has 0 saturated heterocycles. The Hall–Kier alpha value is -2.02. The summed E-state index contributed by atoms with van der Waals surface area (Å²) in [7, 11) is 0. The Bertz CT molecular complexity index is 382. The van der Waals surface area contributed by atoms with Crippen molar-refractivity contribution in [2.24, 2.45) is 5.16 Å². The number of phenols is 1. The summed E-state index contributed by atoms with van der Waals surface area (Å²) in [6.07, 6.45) is 6.09. The second kappa shape index (κ2) is 4.87. The third-order valence-corrected chi connectivity index (χ3v) is 1.40. The van der Waals surface area contributed by atoms with Gasteiger partial charge in [-0.05, 0) is 18.2 Å². The molecule has 1 N–H and O–H groups in total. The fraction of sp³-hybridized carbons (Fsp3) is 0.100. The summed E-state index contributed by atoms with van der Waals surface area (Å²) in [6, 6.07) is 3.52. The van der Waals surface area contributed by atoms with E-state index in [0.29, 0.717) is 0 Å². The number of hydrogen-bond acceptors (Lipinski definition) is 3. The average Bonchev–Trinajstić information content (AvgIpc) is 2.18. The predicted molar refractivity (Wildman–Crippen MR) is 50.4 cm³/mol. The van der Waals surface area contributed by atoms with Crippen molar-refractivity contribution in [1.82, 2.24) is 0 Å². The molecule has 0 atom stereocenters. The zero-order valence-corrected chi connectivity index (χ0v) is 7.27. The number of nitrogens with zero attached hydrogens (tertiary/aromatic N) is 1. The summed E-state index contributed by atoms with van der Waals surface area (Å²) >= 11 is 0. The number of hydrogen-bond donors (Lipinski definition) is 1. The van der Waals surface area contributed by atoms with Gasteiger partial charge in [0.25, 0.3) is 0 Å². The van der Waals surface area contributed by atoms with Crippen LogP contribution in [-0.4, -0.2) is 17.9 Å². The van der Waals surface area contributed by atoms with Crippen molar-refractivity contribution < 1.29 is 14.3 Å². The van der Waals surface area contributed by atoms with Gasteiger partial charge in [0.15, 0.2) is 6.61 Å². The van der Waals surface area contributed by atoms with E-state index in [0.717, 1.165) is 12.1 Å². The molecular formula is C10H8FNO2. The second-order valence-electron chi connectivity index (χ2n) is 2.42. The van der Waals surface area contributed by atoms with E-state index in [2.05, 4.69) is 15.9 Å². The maximum atomic E-state index is 12.7. The van der Waals surface area contributed by atoms with Gasteiger partial charge in [-0.2, -0.15) is 0 Å². The van der Waals surface area contributed by atoms with Gasteiger partial charge in [0.2, 0.25) is 0 Å². The topological polar surface area (TPSA) is 41.8 Å². The molecule has 0 fully saturated rings. The van der Waals surface area contributed by atoms with Crippen LogP contribution in [0.25, 0.3) is 0 Å². The van der Waals surface area contributed by atoms with E-state index in [1.54, 1.807) is 0 Å². The summed E-state index contributed by atoms with van der Waals surface area (Å²) in [4.78, 5) is 4.58. The number of rotatable bonds is 3. The summed E-state index contributed by atoms with van der Waals surface area (Å²) in [6.45, 7) is 0.0343. The molecular weight excluding hydrogens is 185 g/mol. The first kappa shape index (κ1) is 10.1. The molecule has 0 aliphatic rings. The van der Waals surface area contributed by atoms with Crippen molar-refractivity contribution in [2.75, 3.05) is 6.61 Å². The maximum absolute atomic E-state index is 12.7. The summed E-state index contributed by atoms with van der Waals surface area (Å²) in [5, 5.41) is 12.7. The van der Waals surface area contributed by atoms with Crippen LogP contribution in [0.1, 0.15) is 5.56 Å². The highest BCUT2D eigenvalue weighted by Gasteiger charge is 1.99. The predicted octanol–water partition coefficient (Wildman–Crippen LogP) is 1.52. The molecule has 0 radical (unpaired) electrons. The quantitative estimate of drug-likeness (QED) is 0.342. The molecule has 0 heterocycles. The third kappa shape index (κ3) is 2.79. The second-order valence-corrected chi connectivity index (χ2v) is 2.42. The molecule has 4 heteroatoms. The van der Waals surface area contributed by atoms with Crippen LogP contribution >= 0.6 is 0 Å². The molecule has 0 saturated carbocycles. The Labute approximate surface area is 80.8 Å². The van der Waals surface area contributed by atoms with E-state index in [1.165, 1.54) is 12.3 Å². The van der Waals surface area contributed by atoms with Gasteiger partial charge in [0.05, 0.1) is 6.21 Å². The Morgan fingerprint density at radius 2 is 2.43 bits per heavy atom. The van der Waals surface area contributed by atoms with Crippen molar-refractivity contribution in [3.8, 4) is 18.1 Å². The van der Waals surface area contributed by atoms with Crippen LogP contribution in [0, 0.1) is 18.2 Å². The molecule has 14 heavy (non-hydrogen) atoms. The largest absolute Gasteiger partial charge is 0.507 e. The molecule has 0 spiro atoms. The maximum Gasteiger partial charge on any atom is 0.177 e. The van der Waals surface area contributed by atoms with Crippen molar-refractivity contribution in [3.63, 3.8) is 0 Å². The lowest BCUT2D eigenvalue weighted by atomic mass is 10.2. The molecule has 1 rings (SSSR count). The number of oxime groups is 1. The number of terminal acetylenes is 1. The molecule has 0 bridgehead atoms. The van der Waals surface area contributed by atoms with E-state index < -0.39 is 5.82 Å². The molecule has 0 amide bonds. The highest BCUT2D eigenvalue weighted by atomic mass is 19.1. The van der Waals surface area contributed by atoms with Crippen LogP contribution in [-0.2, 0) is 4.84 Å². The van der Waals surface area contributed by atoms with Crippen molar-refractivity contribution in [2.45, 2.75) is 0 Å². The molecule has 72 valence electrons. The van der Waals surface area contributed by atoms with Crippen LogP contribution in [0.4, 0.5) is 4.39 Å². The van der Waals surface area contributed by atoms with Gasteiger partial charge in [-0.1, -0.05) is 11.1 Å². The summed E-state index contributed by atoms with van der Waals surface area (Å²) in [5.74, 6) is 1.68. The van der Waals surface area contributed by atoms with Crippen molar-refractivity contribution in [1.29, 1.82) is 0 Å². The fourth-order valence-electron chi connectivity index (χ4n) is 0.797. The zero-order chi connectivity index (χ0) is 10.4. The monoisotopic (exact) mass is 193 g/mol. The van der Waals surface area contributed by atoms with E-state index in [1.807, 2.05) is 0 Å². The SMILES string of the molecule is C#CCO/N=C/c1cc(F)ccc1O. The van der Waals surface area contributed by atoms with E-state index in [4.69, 9.17) is 6.42 Å². The number of halogens is 1. The summed E-state index contributed by atoms with van der Waals surface area (Å²) < 4.78 is 12.7. The van der Waals surface area contributed by atoms with Crippen molar-refractivity contribution in [3.05, 3.63) is 29.6 Å². The van der Waals surface area contributed by atoms with Crippen LogP contribution < -0.4 is 0 Å². The lowest BCUT2D eigenvalue weighted by molar-refractivity contribution is 0.181. The molecule has 1 aromatic rings. The van der Waals surface area contributed by atoms with E-state index in [-0.39, 0.29) is 17.9 Å². The Morgan fingerprint density at radius 1 is 1.64 bits per heavy atom. The average molecular weight is 193 g/mol. The molecule has 1 aromatic carbocycles. The number of phenolic OH excluding ortho intramolecular Hbond substituents is 1. The van der Waals surface area contributed by atoms with Gasteiger partial charge < -0.3 is 9.94 Å². The Kier molecular flexibility index (Phi) is 3.50. The minimum Gasteiger partial charge on any atom is -0.507 e. The minimum absolute atomic E-state index is 0.0343. The summed E-state index contributed by atoms with van der Waals surface area (Å²) in [5.41, 5.74) is 0.238. The van der Waals surface area contributed by atoms with Crippen LogP contribution in [0.2, 0.25) is 0 Å². The normalized spacial score (nSPS) is 10.0. The molecule has 3 nitrogen and oxygen atoms in total. The van der Waals surface area contributed by atoms with Gasteiger partial charge in [-0.15, -0.1) is 6.42 Å². The number of benzene rings is 1. The van der Waals surface area contributed by atoms with Crippen molar-refractivity contribution >= 4 is 6.21 Å². The van der Waals surface area contributed by atoms with E-state index in [9.17, 15) is 9.50 Å². The standard InChI is InChI=1S/C10H8FNO2/c1-2-5-14-12-7-8-6-9(11)3-4-10(8)13/h1,3-4,6-7,13H,5H2/b12-7+. The molecule has 0 aliphatic heterocycles. The first-order valence-corrected chi connectivity index (χ1v) is 3.81. The Morgan fingerprint density at radius 3 is 3.14 bits per heavy atom. The lowest BCUT2D eigenvalue weighted by Gasteiger charge is -1.97. The Balaban J connectivity index is 2.71. The zero-order valence-electron chi connectivity index (χ0n) is 7.27.